The van der Waals surface area contributed by atoms with Gasteiger partial charge < -0.3 is 17.2 Å². The van der Waals surface area contributed by atoms with E-state index >= 15 is 0 Å². The zero-order valence-corrected chi connectivity index (χ0v) is 7.03. The molecule has 13 heavy (non-hydrogen) atoms. The SMILES string of the molecule is NC(=O)C=Cc1ccc(N)c(N)c1. The molecule has 0 aliphatic carbocycles. The number of amides is 1. The first-order valence-corrected chi connectivity index (χ1v) is 3.72. The molecule has 0 spiro atoms. The highest BCUT2D eigenvalue weighted by atomic mass is 16.1. The number of hydrogen-bond donors (Lipinski definition) is 3. The van der Waals surface area contributed by atoms with Crippen LogP contribution in [0, 0.1) is 0 Å². The normalized spacial score (nSPS) is 10.5. The molecule has 4 heteroatoms. The van der Waals surface area contributed by atoms with Gasteiger partial charge in [-0.15, -0.1) is 0 Å². The predicted octanol–water partition coefficient (Wildman–Crippen LogP) is 0.349. The minimum atomic E-state index is -0.490. The van der Waals surface area contributed by atoms with Crippen molar-refractivity contribution in [2.75, 3.05) is 11.5 Å². The maximum Gasteiger partial charge on any atom is 0.241 e. The van der Waals surface area contributed by atoms with Gasteiger partial charge in [-0.05, 0) is 23.8 Å². The summed E-state index contributed by atoms with van der Waals surface area (Å²) in [5, 5.41) is 0. The van der Waals surface area contributed by atoms with Gasteiger partial charge in [0.25, 0.3) is 0 Å². The molecule has 0 heterocycles. The fourth-order valence-electron chi connectivity index (χ4n) is 0.875. The van der Waals surface area contributed by atoms with Crippen molar-refractivity contribution in [3.05, 3.63) is 29.8 Å². The quantitative estimate of drug-likeness (QED) is 0.449. The van der Waals surface area contributed by atoms with E-state index in [4.69, 9.17) is 17.2 Å². The lowest BCUT2D eigenvalue weighted by atomic mass is 10.1. The first kappa shape index (κ1) is 9.12. The Kier molecular flexibility index (Phi) is 2.54. The van der Waals surface area contributed by atoms with Crippen LogP contribution in [0.15, 0.2) is 24.3 Å². The van der Waals surface area contributed by atoms with Crippen molar-refractivity contribution in [3.8, 4) is 0 Å². The Bertz CT molecular complexity index is 358. The van der Waals surface area contributed by atoms with Crippen molar-refractivity contribution in [3.63, 3.8) is 0 Å². The van der Waals surface area contributed by atoms with Crippen LogP contribution in [0.25, 0.3) is 6.08 Å². The van der Waals surface area contributed by atoms with E-state index in [-0.39, 0.29) is 0 Å². The molecule has 0 aliphatic rings. The molecule has 0 aromatic heterocycles. The Balaban J connectivity index is 2.92. The summed E-state index contributed by atoms with van der Waals surface area (Å²) in [4.78, 5) is 10.4. The summed E-state index contributed by atoms with van der Waals surface area (Å²) in [5.74, 6) is -0.490. The molecule has 0 unspecified atom stereocenters. The summed E-state index contributed by atoms with van der Waals surface area (Å²) in [6, 6.07) is 5.11. The molecule has 68 valence electrons. The van der Waals surface area contributed by atoms with E-state index in [1.54, 1.807) is 24.3 Å². The third-order valence-corrected chi connectivity index (χ3v) is 1.55. The van der Waals surface area contributed by atoms with Crippen molar-refractivity contribution in [1.82, 2.24) is 0 Å². The summed E-state index contributed by atoms with van der Waals surface area (Å²) in [6.45, 7) is 0. The van der Waals surface area contributed by atoms with Crippen molar-refractivity contribution in [1.29, 1.82) is 0 Å². The van der Waals surface area contributed by atoms with Crippen molar-refractivity contribution in [2.45, 2.75) is 0 Å². The van der Waals surface area contributed by atoms with Gasteiger partial charge in [-0.2, -0.15) is 0 Å². The van der Waals surface area contributed by atoms with Crippen molar-refractivity contribution >= 4 is 23.4 Å². The van der Waals surface area contributed by atoms with Crippen LogP contribution in [-0.4, -0.2) is 5.91 Å². The molecule has 0 saturated heterocycles. The number of hydrogen-bond acceptors (Lipinski definition) is 3. The van der Waals surface area contributed by atoms with Crippen molar-refractivity contribution in [2.24, 2.45) is 5.73 Å². The summed E-state index contributed by atoms with van der Waals surface area (Å²) >= 11 is 0. The summed E-state index contributed by atoms with van der Waals surface area (Å²) < 4.78 is 0. The molecule has 1 aromatic rings. The minimum absolute atomic E-state index is 0.490. The average Bonchev–Trinajstić information content (AvgIpc) is 2.07. The smallest absolute Gasteiger partial charge is 0.241 e. The van der Waals surface area contributed by atoms with E-state index in [1.807, 2.05) is 0 Å². The topological polar surface area (TPSA) is 95.1 Å². The monoisotopic (exact) mass is 177 g/mol. The minimum Gasteiger partial charge on any atom is -0.397 e. The van der Waals surface area contributed by atoms with Gasteiger partial charge in [-0.25, -0.2) is 0 Å². The van der Waals surface area contributed by atoms with Crippen LogP contribution in [0.3, 0.4) is 0 Å². The molecule has 0 radical (unpaired) electrons. The number of benzene rings is 1. The standard InChI is InChI=1S/C9H11N3O/c10-7-3-1-6(5-8(7)11)2-4-9(12)13/h1-5H,10-11H2,(H2,12,13). The Hall–Kier alpha value is -1.97. The number of primary amides is 1. The lowest BCUT2D eigenvalue weighted by molar-refractivity contribution is -0.113. The second-order valence-corrected chi connectivity index (χ2v) is 2.62. The molecule has 0 aliphatic heterocycles. The number of carbonyl (C=O) groups is 1. The zero-order chi connectivity index (χ0) is 9.84. The van der Waals surface area contributed by atoms with Gasteiger partial charge in [0.2, 0.25) is 5.91 Å². The molecule has 6 N–H and O–H groups in total. The van der Waals surface area contributed by atoms with E-state index in [1.165, 1.54) is 6.08 Å². The van der Waals surface area contributed by atoms with Crippen molar-refractivity contribution < 1.29 is 4.79 Å². The lowest BCUT2D eigenvalue weighted by Crippen LogP contribution is -2.05. The average molecular weight is 177 g/mol. The Morgan fingerprint density at radius 2 is 1.92 bits per heavy atom. The lowest BCUT2D eigenvalue weighted by Gasteiger charge is -1.99. The van der Waals surface area contributed by atoms with E-state index in [0.29, 0.717) is 11.4 Å². The van der Waals surface area contributed by atoms with Gasteiger partial charge in [0.15, 0.2) is 0 Å². The number of carbonyl (C=O) groups excluding carboxylic acids is 1. The molecule has 1 aromatic carbocycles. The highest BCUT2D eigenvalue weighted by Gasteiger charge is 1.94. The fourth-order valence-corrected chi connectivity index (χ4v) is 0.875. The molecular weight excluding hydrogens is 166 g/mol. The number of anilines is 2. The van der Waals surface area contributed by atoms with Gasteiger partial charge in [0.05, 0.1) is 11.4 Å². The van der Waals surface area contributed by atoms with E-state index in [9.17, 15) is 4.79 Å². The Labute approximate surface area is 76.0 Å². The van der Waals surface area contributed by atoms with Crippen LogP contribution in [0.4, 0.5) is 11.4 Å². The maximum absolute atomic E-state index is 10.4. The molecule has 0 bridgehead atoms. The number of rotatable bonds is 2. The third kappa shape index (κ3) is 2.52. The van der Waals surface area contributed by atoms with E-state index < -0.39 is 5.91 Å². The van der Waals surface area contributed by atoms with E-state index in [2.05, 4.69) is 0 Å². The van der Waals surface area contributed by atoms with Crippen LogP contribution >= 0.6 is 0 Å². The molecule has 0 fully saturated rings. The molecule has 0 atom stereocenters. The van der Waals surface area contributed by atoms with Gasteiger partial charge >= 0.3 is 0 Å². The number of nitrogen functional groups attached to an aromatic ring is 2. The number of nitrogens with two attached hydrogens (primary N) is 3. The van der Waals surface area contributed by atoms with Crippen LogP contribution in [0.2, 0.25) is 0 Å². The fraction of sp³-hybridized carbons (Fsp3) is 0. The summed E-state index contributed by atoms with van der Waals surface area (Å²) in [6.07, 6.45) is 2.85. The molecule has 0 saturated carbocycles. The second-order valence-electron chi connectivity index (χ2n) is 2.62. The highest BCUT2D eigenvalue weighted by molar-refractivity contribution is 5.90. The third-order valence-electron chi connectivity index (χ3n) is 1.55. The Morgan fingerprint density at radius 3 is 2.46 bits per heavy atom. The highest BCUT2D eigenvalue weighted by Crippen LogP contribution is 2.16. The van der Waals surface area contributed by atoms with Gasteiger partial charge in [-0.1, -0.05) is 6.07 Å². The molecular formula is C9H11N3O. The van der Waals surface area contributed by atoms with Gasteiger partial charge in [-0.3, -0.25) is 4.79 Å². The summed E-state index contributed by atoms with van der Waals surface area (Å²) in [5.41, 5.74) is 17.8. The molecule has 1 rings (SSSR count). The first-order valence-electron chi connectivity index (χ1n) is 3.72. The zero-order valence-electron chi connectivity index (χ0n) is 7.03. The van der Waals surface area contributed by atoms with Gasteiger partial charge in [0, 0.05) is 6.08 Å². The molecule has 4 nitrogen and oxygen atoms in total. The summed E-state index contributed by atoms with van der Waals surface area (Å²) in [7, 11) is 0. The maximum atomic E-state index is 10.4. The van der Waals surface area contributed by atoms with Gasteiger partial charge in [0.1, 0.15) is 0 Å². The first-order chi connectivity index (χ1) is 6.09. The predicted molar refractivity (Wildman–Crippen MR) is 53.5 cm³/mol. The van der Waals surface area contributed by atoms with Crippen LogP contribution in [0.5, 0.6) is 0 Å². The van der Waals surface area contributed by atoms with Crippen LogP contribution in [-0.2, 0) is 4.79 Å². The van der Waals surface area contributed by atoms with E-state index in [0.717, 1.165) is 5.56 Å². The Morgan fingerprint density at radius 1 is 1.23 bits per heavy atom. The largest absolute Gasteiger partial charge is 0.397 e. The van der Waals surface area contributed by atoms with Crippen LogP contribution < -0.4 is 17.2 Å². The molecule has 1 amide bonds. The second kappa shape index (κ2) is 3.62. The van der Waals surface area contributed by atoms with Crippen LogP contribution in [0.1, 0.15) is 5.56 Å².